The molecule has 1 fully saturated rings. The number of hydrogen-bond donors (Lipinski definition) is 0. The minimum atomic E-state index is -0.369. The molecule has 162 valence electrons. The van der Waals surface area contributed by atoms with Gasteiger partial charge in [0.1, 0.15) is 23.0 Å². The summed E-state index contributed by atoms with van der Waals surface area (Å²) in [5.74, 6) is 0.322. The molecule has 1 aromatic carbocycles. The number of esters is 1. The second kappa shape index (κ2) is 8.75. The van der Waals surface area contributed by atoms with Crippen molar-refractivity contribution in [1.82, 2.24) is 14.7 Å². The molecule has 3 heterocycles. The third-order valence-electron chi connectivity index (χ3n) is 5.39. The molecule has 1 aliphatic rings. The Kier molecular flexibility index (Phi) is 5.88. The summed E-state index contributed by atoms with van der Waals surface area (Å²) in [7, 11) is 0. The Bertz CT molecular complexity index is 1080. The number of carbonyl (C=O) groups is 2. The van der Waals surface area contributed by atoms with E-state index in [4.69, 9.17) is 9.15 Å². The van der Waals surface area contributed by atoms with Gasteiger partial charge >= 0.3 is 5.97 Å². The van der Waals surface area contributed by atoms with Crippen LogP contribution in [0.3, 0.4) is 0 Å². The zero-order valence-corrected chi connectivity index (χ0v) is 17.5. The number of likely N-dealkylation sites (tertiary alicyclic amines) is 1. The molecule has 0 bridgehead atoms. The fourth-order valence-corrected chi connectivity index (χ4v) is 3.75. The molecule has 0 spiro atoms. The minimum absolute atomic E-state index is 0.187. The lowest BCUT2D eigenvalue weighted by Crippen LogP contribution is -2.41. The molecule has 1 saturated heterocycles. The van der Waals surface area contributed by atoms with Crippen molar-refractivity contribution < 1.29 is 23.1 Å². The standard InChI is InChI=1S/C23H24FN3O4/c1-3-30-23(29)16-10-12-26(13-11-16)22(28)20-14-19(21-9-4-15(2)31-21)25-27(20)18-7-5-17(24)6-8-18/h4-9,14,16H,3,10-13H2,1-2H3. The maximum atomic E-state index is 13.4. The Hall–Kier alpha value is -3.42. The largest absolute Gasteiger partial charge is 0.466 e. The molecule has 4 rings (SSSR count). The predicted molar refractivity (Wildman–Crippen MR) is 111 cm³/mol. The Balaban J connectivity index is 1.62. The Morgan fingerprint density at radius 3 is 2.48 bits per heavy atom. The first-order valence-electron chi connectivity index (χ1n) is 10.3. The highest BCUT2D eigenvalue weighted by Crippen LogP contribution is 2.26. The van der Waals surface area contributed by atoms with Gasteiger partial charge < -0.3 is 14.1 Å². The first-order valence-corrected chi connectivity index (χ1v) is 10.3. The number of nitrogens with zero attached hydrogens (tertiary/aromatic N) is 3. The van der Waals surface area contributed by atoms with Crippen molar-refractivity contribution in [3.63, 3.8) is 0 Å². The summed E-state index contributed by atoms with van der Waals surface area (Å²) < 4.78 is 25.7. The van der Waals surface area contributed by atoms with E-state index in [-0.39, 0.29) is 23.6 Å². The normalized spacial score (nSPS) is 14.6. The lowest BCUT2D eigenvalue weighted by molar-refractivity contribution is -0.149. The van der Waals surface area contributed by atoms with Crippen molar-refractivity contribution in [2.75, 3.05) is 19.7 Å². The van der Waals surface area contributed by atoms with Crippen LogP contribution in [0.25, 0.3) is 17.1 Å². The predicted octanol–water partition coefficient (Wildman–Crippen LogP) is 4.00. The Morgan fingerprint density at radius 1 is 1.16 bits per heavy atom. The highest BCUT2D eigenvalue weighted by Gasteiger charge is 2.30. The van der Waals surface area contributed by atoms with E-state index in [2.05, 4.69) is 5.10 Å². The van der Waals surface area contributed by atoms with E-state index in [9.17, 15) is 14.0 Å². The molecule has 0 aliphatic carbocycles. The number of hydrogen-bond acceptors (Lipinski definition) is 5. The zero-order chi connectivity index (χ0) is 22.0. The van der Waals surface area contributed by atoms with Gasteiger partial charge in [0.05, 0.1) is 18.2 Å². The molecule has 0 radical (unpaired) electrons. The Labute approximate surface area is 179 Å². The van der Waals surface area contributed by atoms with Crippen LogP contribution >= 0.6 is 0 Å². The number of ether oxygens (including phenoxy) is 1. The quantitative estimate of drug-likeness (QED) is 0.578. The van der Waals surface area contributed by atoms with Gasteiger partial charge in [-0.25, -0.2) is 9.07 Å². The summed E-state index contributed by atoms with van der Waals surface area (Å²) in [5.41, 5.74) is 1.44. The molecule has 0 N–H and O–H groups in total. The molecule has 2 aromatic heterocycles. The van der Waals surface area contributed by atoms with E-state index < -0.39 is 0 Å². The molecule has 0 unspecified atom stereocenters. The summed E-state index contributed by atoms with van der Waals surface area (Å²) in [6.45, 7) is 4.87. The van der Waals surface area contributed by atoms with E-state index in [0.717, 1.165) is 5.76 Å². The molecule has 7 nitrogen and oxygen atoms in total. The van der Waals surface area contributed by atoms with Gasteiger partial charge in [0.15, 0.2) is 5.76 Å². The number of aromatic nitrogens is 2. The first kappa shape index (κ1) is 20.8. The molecule has 0 atom stereocenters. The van der Waals surface area contributed by atoms with Gasteiger partial charge in [-0.3, -0.25) is 9.59 Å². The fraction of sp³-hybridized carbons (Fsp3) is 0.348. The number of rotatable bonds is 5. The molecule has 8 heteroatoms. The van der Waals surface area contributed by atoms with Crippen molar-refractivity contribution in [2.45, 2.75) is 26.7 Å². The van der Waals surface area contributed by atoms with Crippen LogP contribution in [0.5, 0.6) is 0 Å². The van der Waals surface area contributed by atoms with E-state index in [0.29, 0.717) is 55.4 Å². The van der Waals surface area contributed by atoms with E-state index in [1.165, 1.54) is 16.8 Å². The first-order chi connectivity index (χ1) is 15.0. The number of aryl methyl sites for hydroxylation is 1. The topological polar surface area (TPSA) is 77.6 Å². The van der Waals surface area contributed by atoms with Gasteiger partial charge in [-0.15, -0.1) is 0 Å². The van der Waals surface area contributed by atoms with Gasteiger partial charge in [-0.05, 0) is 63.1 Å². The van der Waals surface area contributed by atoms with Crippen LogP contribution in [0.15, 0.2) is 46.9 Å². The number of benzene rings is 1. The fourth-order valence-electron chi connectivity index (χ4n) is 3.75. The lowest BCUT2D eigenvalue weighted by atomic mass is 9.97. The maximum absolute atomic E-state index is 13.4. The number of amides is 1. The van der Waals surface area contributed by atoms with Gasteiger partial charge in [0.25, 0.3) is 5.91 Å². The molecule has 3 aromatic rings. The third kappa shape index (κ3) is 4.38. The number of piperidine rings is 1. The highest BCUT2D eigenvalue weighted by molar-refractivity contribution is 5.94. The van der Waals surface area contributed by atoms with Crippen LogP contribution in [0.2, 0.25) is 0 Å². The highest BCUT2D eigenvalue weighted by atomic mass is 19.1. The smallest absolute Gasteiger partial charge is 0.309 e. The summed E-state index contributed by atoms with van der Waals surface area (Å²) >= 11 is 0. The number of furan rings is 1. The molecule has 0 saturated carbocycles. The van der Waals surface area contributed by atoms with E-state index >= 15 is 0 Å². The second-order valence-corrected chi connectivity index (χ2v) is 7.53. The average molecular weight is 425 g/mol. The van der Waals surface area contributed by atoms with Crippen LogP contribution in [-0.2, 0) is 9.53 Å². The summed E-state index contributed by atoms with van der Waals surface area (Å²) in [6.07, 6.45) is 1.11. The van der Waals surface area contributed by atoms with Crippen LogP contribution in [0, 0.1) is 18.7 Å². The minimum Gasteiger partial charge on any atom is -0.466 e. The van der Waals surface area contributed by atoms with Crippen LogP contribution in [-0.4, -0.2) is 46.3 Å². The Morgan fingerprint density at radius 2 is 1.87 bits per heavy atom. The number of carbonyl (C=O) groups excluding carboxylic acids is 2. The zero-order valence-electron chi connectivity index (χ0n) is 17.5. The van der Waals surface area contributed by atoms with Crippen LogP contribution < -0.4 is 0 Å². The van der Waals surface area contributed by atoms with Crippen molar-refractivity contribution in [2.24, 2.45) is 5.92 Å². The molecular weight excluding hydrogens is 401 g/mol. The van der Waals surface area contributed by atoms with Gasteiger partial charge in [-0.2, -0.15) is 5.10 Å². The van der Waals surface area contributed by atoms with Crippen molar-refractivity contribution >= 4 is 11.9 Å². The van der Waals surface area contributed by atoms with E-state index in [1.807, 2.05) is 13.0 Å². The van der Waals surface area contributed by atoms with Crippen molar-refractivity contribution in [3.8, 4) is 17.1 Å². The summed E-state index contributed by atoms with van der Waals surface area (Å²) in [6, 6.07) is 11.1. The van der Waals surface area contributed by atoms with E-state index in [1.54, 1.807) is 36.1 Å². The SMILES string of the molecule is CCOC(=O)C1CCN(C(=O)c2cc(-c3ccc(C)o3)nn2-c2ccc(F)cc2)CC1. The molecule has 31 heavy (non-hydrogen) atoms. The van der Waals surface area contributed by atoms with Gasteiger partial charge in [0.2, 0.25) is 0 Å². The maximum Gasteiger partial charge on any atom is 0.309 e. The monoisotopic (exact) mass is 425 g/mol. The average Bonchev–Trinajstić information content (AvgIpc) is 3.41. The second-order valence-electron chi connectivity index (χ2n) is 7.53. The summed E-state index contributed by atoms with van der Waals surface area (Å²) in [5, 5.41) is 4.56. The van der Waals surface area contributed by atoms with Crippen molar-refractivity contribution in [3.05, 3.63) is 59.7 Å². The van der Waals surface area contributed by atoms with Crippen LogP contribution in [0.4, 0.5) is 4.39 Å². The van der Waals surface area contributed by atoms with Gasteiger partial charge in [0, 0.05) is 19.2 Å². The van der Waals surface area contributed by atoms with Crippen LogP contribution in [0.1, 0.15) is 36.0 Å². The molecule has 1 aliphatic heterocycles. The van der Waals surface area contributed by atoms with Gasteiger partial charge in [-0.1, -0.05) is 0 Å². The summed E-state index contributed by atoms with van der Waals surface area (Å²) in [4.78, 5) is 27.1. The molecule has 1 amide bonds. The molecular formula is C23H24FN3O4. The lowest BCUT2D eigenvalue weighted by Gasteiger charge is -2.30. The third-order valence-corrected chi connectivity index (χ3v) is 5.39. The van der Waals surface area contributed by atoms with Crippen molar-refractivity contribution in [1.29, 1.82) is 0 Å². The number of halogens is 1.